The molecule has 5 heteroatoms. The zero-order chi connectivity index (χ0) is 17.3. The van der Waals surface area contributed by atoms with E-state index in [2.05, 4.69) is 46.0 Å². The molecule has 0 spiro atoms. The summed E-state index contributed by atoms with van der Waals surface area (Å²) in [7, 11) is 1.83. The molecule has 0 radical (unpaired) electrons. The minimum atomic E-state index is 0.884. The fourth-order valence-corrected chi connectivity index (χ4v) is 4.35. The number of hydrogen-bond acceptors (Lipinski definition) is 3. The number of nitrogens with one attached hydrogen (secondary N) is 2. The van der Waals surface area contributed by atoms with Crippen molar-refractivity contribution in [1.82, 2.24) is 15.6 Å². The van der Waals surface area contributed by atoms with Crippen molar-refractivity contribution < 1.29 is 0 Å². The van der Waals surface area contributed by atoms with Crippen molar-refractivity contribution in [1.29, 1.82) is 0 Å². The molecule has 134 valence electrons. The van der Waals surface area contributed by atoms with E-state index in [9.17, 15) is 0 Å². The molecule has 3 rings (SSSR count). The molecule has 4 nitrogen and oxygen atoms in total. The van der Waals surface area contributed by atoms with Gasteiger partial charge in [0.25, 0.3) is 0 Å². The maximum atomic E-state index is 4.82. The van der Waals surface area contributed by atoms with Crippen LogP contribution in [0, 0.1) is 0 Å². The summed E-state index contributed by atoms with van der Waals surface area (Å²) in [4.78, 5) is 10.6. The Kier molecular flexibility index (Phi) is 6.86. The van der Waals surface area contributed by atoms with E-state index in [4.69, 9.17) is 4.98 Å². The summed E-state index contributed by atoms with van der Waals surface area (Å²) >= 11 is 1.93. The van der Waals surface area contributed by atoms with Gasteiger partial charge in [-0.1, -0.05) is 30.3 Å². The van der Waals surface area contributed by atoms with Crippen molar-refractivity contribution >= 4 is 17.3 Å². The van der Waals surface area contributed by atoms with Crippen LogP contribution >= 0.6 is 11.3 Å². The minimum Gasteiger partial charge on any atom is -0.356 e. The number of nitrogens with zero attached hydrogens (tertiary/aromatic N) is 2. The molecule has 1 heterocycles. The normalized spacial score (nSPS) is 14.2. The van der Waals surface area contributed by atoms with Gasteiger partial charge in [0.1, 0.15) is 0 Å². The molecule has 1 aromatic carbocycles. The van der Waals surface area contributed by atoms with Gasteiger partial charge in [-0.25, -0.2) is 4.98 Å². The van der Waals surface area contributed by atoms with Crippen LogP contribution in [-0.2, 0) is 25.7 Å². The van der Waals surface area contributed by atoms with Gasteiger partial charge in [0.05, 0.1) is 10.7 Å². The third-order valence-electron chi connectivity index (χ3n) is 4.52. The lowest BCUT2D eigenvalue weighted by Gasteiger charge is -2.11. The Morgan fingerprint density at radius 1 is 1.08 bits per heavy atom. The van der Waals surface area contributed by atoms with Gasteiger partial charge < -0.3 is 10.6 Å². The number of aliphatic imine (C=N–C) groups is 1. The summed E-state index contributed by atoms with van der Waals surface area (Å²) in [6.45, 7) is 1.82. The molecule has 0 atom stereocenters. The Morgan fingerprint density at radius 2 is 1.88 bits per heavy atom. The van der Waals surface area contributed by atoms with Crippen LogP contribution in [0.3, 0.4) is 0 Å². The van der Waals surface area contributed by atoms with Crippen LogP contribution in [0.4, 0.5) is 0 Å². The maximum Gasteiger partial charge on any atom is 0.190 e. The van der Waals surface area contributed by atoms with Crippen molar-refractivity contribution in [2.45, 2.75) is 44.9 Å². The zero-order valence-corrected chi connectivity index (χ0v) is 15.9. The lowest BCUT2D eigenvalue weighted by Crippen LogP contribution is -2.38. The van der Waals surface area contributed by atoms with Crippen molar-refractivity contribution in [3.63, 3.8) is 0 Å². The first-order valence-electron chi connectivity index (χ1n) is 9.31. The van der Waals surface area contributed by atoms with Gasteiger partial charge in [0.15, 0.2) is 5.96 Å². The predicted molar refractivity (Wildman–Crippen MR) is 107 cm³/mol. The number of fused-ring (bicyclic) bond motifs is 1. The number of guanidine groups is 1. The zero-order valence-electron chi connectivity index (χ0n) is 15.1. The van der Waals surface area contributed by atoms with Gasteiger partial charge in [-0.3, -0.25) is 4.99 Å². The summed E-state index contributed by atoms with van der Waals surface area (Å²) < 4.78 is 0. The molecule has 2 aromatic rings. The minimum absolute atomic E-state index is 0.884. The Labute approximate surface area is 154 Å². The summed E-state index contributed by atoms with van der Waals surface area (Å²) in [5.41, 5.74) is 2.72. The molecule has 0 saturated carbocycles. The van der Waals surface area contributed by atoms with Crippen LogP contribution < -0.4 is 10.6 Å². The van der Waals surface area contributed by atoms with E-state index < -0.39 is 0 Å². The number of rotatable bonds is 7. The van der Waals surface area contributed by atoms with Crippen LogP contribution in [-0.4, -0.2) is 31.1 Å². The smallest absolute Gasteiger partial charge is 0.190 e. The second-order valence-corrected chi connectivity index (χ2v) is 7.62. The molecule has 0 unspecified atom stereocenters. The highest BCUT2D eigenvalue weighted by Gasteiger charge is 2.14. The van der Waals surface area contributed by atoms with E-state index >= 15 is 0 Å². The van der Waals surface area contributed by atoms with Crippen molar-refractivity contribution in [3.05, 3.63) is 51.5 Å². The second kappa shape index (κ2) is 9.56. The highest BCUT2D eigenvalue weighted by atomic mass is 32.1. The van der Waals surface area contributed by atoms with E-state index in [1.165, 1.54) is 46.8 Å². The fraction of sp³-hybridized carbons (Fsp3) is 0.500. The Bertz CT molecular complexity index is 655. The van der Waals surface area contributed by atoms with Crippen molar-refractivity contribution in [2.75, 3.05) is 20.1 Å². The molecule has 0 bridgehead atoms. The van der Waals surface area contributed by atoms with E-state index in [0.717, 1.165) is 38.3 Å². The van der Waals surface area contributed by atoms with E-state index in [-0.39, 0.29) is 0 Å². The van der Waals surface area contributed by atoms with Gasteiger partial charge in [0.2, 0.25) is 0 Å². The van der Waals surface area contributed by atoms with Crippen LogP contribution in [0.25, 0.3) is 0 Å². The number of benzene rings is 1. The third-order valence-corrected chi connectivity index (χ3v) is 5.74. The van der Waals surface area contributed by atoms with Gasteiger partial charge in [-0.15, -0.1) is 11.3 Å². The highest BCUT2D eigenvalue weighted by Crippen LogP contribution is 2.27. The molecule has 0 amide bonds. The SMILES string of the molecule is CN=C(NCCCc1nc2c(s1)CCCC2)NCCc1ccccc1. The molecule has 1 aliphatic rings. The van der Waals surface area contributed by atoms with E-state index in [1.807, 2.05) is 18.4 Å². The van der Waals surface area contributed by atoms with Gasteiger partial charge >= 0.3 is 0 Å². The van der Waals surface area contributed by atoms with Crippen molar-refractivity contribution in [2.24, 2.45) is 4.99 Å². The summed E-state index contributed by atoms with van der Waals surface area (Å²) in [5, 5.41) is 8.09. The lowest BCUT2D eigenvalue weighted by molar-refractivity contribution is 0.678. The molecule has 2 N–H and O–H groups in total. The van der Waals surface area contributed by atoms with Crippen molar-refractivity contribution in [3.8, 4) is 0 Å². The topological polar surface area (TPSA) is 49.3 Å². The number of thiazole rings is 1. The largest absolute Gasteiger partial charge is 0.356 e. The van der Waals surface area contributed by atoms with Crippen LogP contribution in [0.5, 0.6) is 0 Å². The summed E-state index contributed by atoms with van der Waals surface area (Å²) in [5.74, 6) is 0.884. The predicted octanol–water partition coefficient (Wildman–Crippen LogP) is 3.36. The first-order chi connectivity index (χ1) is 12.3. The first-order valence-corrected chi connectivity index (χ1v) is 10.1. The van der Waals surface area contributed by atoms with Crippen LogP contribution in [0.2, 0.25) is 0 Å². The monoisotopic (exact) mass is 356 g/mol. The number of aromatic nitrogens is 1. The standard InChI is InChI=1S/C20H28N4S/c1-21-20(23-15-13-16-8-3-2-4-9-16)22-14-7-12-19-24-17-10-5-6-11-18(17)25-19/h2-4,8-9H,5-7,10-15H2,1H3,(H2,21,22,23). The Balaban J connectivity index is 1.33. The Morgan fingerprint density at radius 3 is 2.68 bits per heavy atom. The van der Waals surface area contributed by atoms with Crippen LogP contribution in [0.15, 0.2) is 35.3 Å². The lowest BCUT2D eigenvalue weighted by atomic mass is 10.0. The number of hydrogen-bond donors (Lipinski definition) is 2. The molecular formula is C20H28N4S. The van der Waals surface area contributed by atoms with Crippen LogP contribution in [0.1, 0.15) is 40.4 Å². The summed E-state index contributed by atoms with van der Waals surface area (Å²) in [6.07, 6.45) is 8.22. The average Bonchev–Trinajstić information content (AvgIpc) is 3.07. The molecule has 0 saturated heterocycles. The third kappa shape index (κ3) is 5.56. The van der Waals surface area contributed by atoms with Gasteiger partial charge in [-0.05, 0) is 44.1 Å². The van der Waals surface area contributed by atoms with E-state index in [0.29, 0.717) is 0 Å². The number of aryl methyl sites for hydroxylation is 3. The quantitative estimate of drug-likeness (QED) is 0.454. The first kappa shape index (κ1) is 17.9. The fourth-order valence-electron chi connectivity index (χ4n) is 3.15. The molecule has 1 aromatic heterocycles. The molecular weight excluding hydrogens is 328 g/mol. The molecule has 0 fully saturated rings. The van der Waals surface area contributed by atoms with Gasteiger partial charge in [0, 0.05) is 31.4 Å². The molecule has 0 aliphatic heterocycles. The molecule has 1 aliphatic carbocycles. The molecule has 25 heavy (non-hydrogen) atoms. The van der Waals surface area contributed by atoms with E-state index in [1.54, 1.807) is 0 Å². The second-order valence-electron chi connectivity index (χ2n) is 6.45. The Hall–Kier alpha value is -1.88. The summed E-state index contributed by atoms with van der Waals surface area (Å²) in [6, 6.07) is 10.5. The average molecular weight is 357 g/mol. The highest BCUT2D eigenvalue weighted by molar-refractivity contribution is 7.11. The maximum absolute atomic E-state index is 4.82. The van der Waals surface area contributed by atoms with Gasteiger partial charge in [-0.2, -0.15) is 0 Å².